The summed E-state index contributed by atoms with van der Waals surface area (Å²) in [4.78, 5) is 27.5. The SMILES string of the molecule is COc1cc(F)c(F)cc1C(=O)C1CC2COCC(C1)N2C(=O)OCc1ccccc1. The van der Waals surface area contributed by atoms with Crippen molar-refractivity contribution in [2.45, 2.75) is 31.5 Å². The van der Waals surface area contributed by atoms with Crippen LogP contribution >= 0.6 is 0 Å². The Hall–Kier alpha value is -3.00. The molecule has 0 saturated carbocycles. The number of morpholine rings is 1. The van der Waals surface area contributed by atoms with Crippen LogP contribution in [0.3, 0.4) is 0 Å². The van der Waals surface area contributed by atoms with Gasteiger partial charge >= 0.3 is 6.09 Å². The molecule has 0 N–H and O–H groups in total. The Morgan fingerprint density at radius 2 is 1.71 bits per heavy atom. The Bertz CT molecular complexity index is 954. The third kappa shape index (κ3) is 4.39. The number of hydrogen-bond donors (Lipinski definition) is 0. The molecule has 8 heteroatoms. The van der Waals surface area contributed by atoms with Crippen LogP contribution in [0.4, 0.5) is 13.6 Å². The number of piperidine rings is 1. The first-order valence-corrected chi connectivity index (χ1v) is 10.1. The lowest BCUT2D eigenvalue weighted by Crippen LogP contribution is -2.59. The normalized spacial score (nSPS) is 22.7. The van der Waals surface area contributed by atoms with Gasteiger partial charge in [-0.2, -0.15) is 0 Å². The van der Waals surface area contributed by atoms with Crippen molar-refractivity contribution in [3.05, 3.63) is 65.2 Å². The maximum absolute atomic E-state index is 13.8. The molecule has 2 atom stereocenters. The quantitative estimate of drug-likeness (QED) is 0.671. The summed E-state index contributed by atoms with van der Waals surface area (Å²) in [5.41, 5.74) is 0.887. The molecule has 2 saturated heterocycles. The van der Waals surface area contributed by atoms with E-state index in [2.05, 4.69) is 0 Å². The van der Waals surface area contributed by atoms with E-state index in [0.29, 0.717) is 12.8 Å². The molecule has 2 aliphatic rings. The summed E-state index contributed by atoms with van der Waals surface area (Å²) in [7, 11) is 1.30. The minimum Gasteiger partial charge on any atom is -0.496 e. The van der Waals surface area contributed by atoms with Gasteiger partial charge in [0, 0.05) is 12.0 Å². The van der Waals surface area contributed by atoms with E-state index in [1.54, 1.807) is 4.90 Å². The number of ketones is 1. The van der Waals surface area contributed by atoms with Gasteiger partial charge in [-0.05, 0) is 24.5 Å². The predicted molar refractivity (Wildman–Crippen MR) is 107 cm³/mol. The molecule has 2 unspecified atom stereocenters. The predicted octanol–water partition coefficient (Wildman–Crippen LogP) is 3.97. The number of amides is 1. The van der Waals surface area contributed by atoms with E-state index in [9.17, 15) is 18.4 Å². The Labute approximate surface area is 178 Å². The molecule has 0 aromatic heterocycles. The Morgan fingerprint density at radius 1 is 1.06 bits per heavy atom. The molecule has 2 bridgehead atoms. The number of nitrogens with zero attached hydrogens (tertiary/aromatic N) is 1. The molecule has 0 spiro atoms. The number of rotatable bonds is 5. The van der Waals surface area contributed by atoms with Gasteiger partial charge in [0.05, 0.1) is 38.0 Å². The fourth-order valence-electron chi connectivity index (χ4n) is 4.33. The first kappa shape index (κ1) is 21.2. The van der Waals surface area contributed by atoms with Gasteiger partial charge < -0.3 is 14.2 Å². The Kier molecular flexibility index (Phi) is 6.18. The molecule has 2 fully saturated rings. The van der Waals surface area contributed by atoms with Crippen LogP contribution in [0, 0.1) is 17.6 Å². The number of methoxy groups -OCH3 is 1. The van der Waals surface area contributed by atoms with Gasteiger partial charge in [0.2, 0.25) is 0 Å². The zero-order chi connectivity index (χ0) is 22.0. The lowest BCUT2D eigenvalue weighted by molar-refractivity contribution is -0.0755. The molecule has 6 nitrogen and oxygen atoms in total. The second-order valence-electron chi connectivity index (χ2n) is 7.79. The summed E-state index contributed by atoms with van der Waals surface area (Å²) in [6.45, 7) is 0.732. The fraction of sp³-hybridized carbons (Fsp3) is 0.391. The summed E-state index contributed by atoms with van der Waals surface area (Å²) in [6, 6.07) is 10.5. The van der Waals surface area contributed by atoms with Crippen molar-refractivity contribution in [3.63, 3.8) is 0 Å². The van der Waals surface area contributed by atoms with Crippen molar-refractivity contribution in [1.82, 2.24) is 4.90 Å². The van der Waals surface area contributed by atoms with Gasteiger partial charge in [-0.1, -0.05) is 30.3 Å². The van der Waals surface area contributed by atoms with E-state index >= 15 is 0 Å². The van der Waals surface area contributed by atoms with Gasteiger partial charge in [0.1, 0.15) is 12.4 Å². The van der Waals surface area contributed by atoms with E-state index in [0.717, 1.165) is 17.7 Å². The van der Waals surface area contributed by atoms with E-state index in [-0.39, 0.29) is 49.0 Å². The van der Waals surface area contributed by atoms with Crippen LogP contribution < -0.4 is 4.74 Å². The second-order valence-corrected chi connectivity index (χ2v) is 7.79. The first-order chi connectivity index (χ1) is 15.0. The third-order valence-corrected chi connectivity index (χ3v) is 5.82. The standard InChI is InChI=1S/C23H23F2NO5/c1-29-21-10-20(25)19(24)9-18(21)22(27)15-7-16-12-30-13-17(8-15)26(16)23(28)31-11-14-5-3-2-4-6-14/h2-6,9-10,15-17H,7-8,11-13H2,1H3. The molecule has 1 amide bonds. The van der Waals surface area contributed by atoms with Gasteiger partial charge in [0.15, 0.2) is 17.4 Å². The topological polar surface area (TPSA) is 65.1 Å². The highest BCUT2D eigenvalue weighted by Crippen LogP contribution is 2.36. The molecule has 0 radical (unpaired) electrons. The zero-order valence-electron chi connectivity index (χ0n) is 17.1. The van der Waals surface area contributed by atoms with Crippen molar-refractivity contribution < 1.29 is 32.6 Å². The van der Waals surface area contributed by atoms with E-state index in [1.165, 1.54) is 7.11 Å². The molecule has 2 aromatic carbocycles. The van der Waals surface area contributed by atoms with Crippen molar-refractivity contribution in [1.29, 1.82) is 0 Å². The van der Waals surface area contributed by atoms with Crippen LogP contribution in [0.25, 0.3) is 0 Å². The highest BCUT2D eigenvalue weighted by Gasteiger charge is 2.45. The molecule has 0 aliphatic carbocycles. The van der Waals surface area contributed by atoms with Crippen LogP contribution in [-0.2, 0) is 16.1 Å². The van der Waals surface area contributed by atoms with Crippen molar-refractivity contribution in [2.75, 3.05) is 20.3 Å². The van der Waals surface area contributed by atoms with Gasteiger partial charge in [-0.15, -0.1) is 0 Å². The van der Waals surface area contributed by atoms with Gasteiger partial charge in [-0.3, -0.25) is 9.69 Å². The summed E-state index contributed by atoms with van der Waals surface area (Å²) in [6.07, 6.45) is 0.244. The molecule has 2 aromatic rings. The Morgan fingerprint density at radius 3 is 2.35 bits per heavy atom. The minimum atomic E-state index is -1.10. The van der Waals surface area contributed by atoms with E-state index in [1.807, 2.05) is 30.3 Å². The second kappa shape index (κ2) is 9.01. The highest BCUT2D eigenvalue weighted by molar-refractivity contribution is 6.00. The number of benzene rings is 2. The smallest absolute Gasteiger partial charge is 0.410 e. The summed E-state index contributed by atoms with van der Waals surface area (Å²) in [5.74, 6) is -2.97. The maximum atomic E-state index is 13.8. The number of halogens is 2. The van der Waals surface area contributed by atoms with Crippen LogP contribution in [0.2, 0.25) is 0 Å². The number of hydrogen-bond acceptors (Lipinski definition) is 5. The van der Waals surface area contributed by atoms with E-state index in [4.69, 9.17) is 14.2 Å². The summed E-state index contributed by atoms with van der Waals surface area (Å²) >= 11 is 0. The number of carbonyl (C=O) groups is 2. The average Bonchev–Trinajstić information content (AvgIpc) is 2.78. The van der Waals surface area contributed by atoms with Crippen molar-refractivity contribution in [2.24, 2.45) is 5.92 Å². The van der Waals surface area contributed by atoms with Crippen LogP contribution in [0.5, 0.6) is 5.75 Å². The van der Waals surface area contributed by atoms with Crippen LogP contribution in [0.1, 0.15) is 28.8 Å². The first-order valence-electron chi connectivity index (χ1n) is 10.1. The molecule has 4 rings (SSSR count). The van der Waals surface area contributed by atoms with E-state index < -0.39 is 23.6 Å². The largest absolute Gasteiger partial charge is 0.496 e. The molecule has 31 heavy (non-hydrogen) atoms. The van der Waals surface area contributed by atoms with Gasteiger partial charge in [-0.25, -0.2) is 13.6 Å². The average molecular weight is 431 g/mol. The van der Waals surface area contributed by atoms with Gasteiger partial charge in [0.25, 0.3) is 0 Å². The number of fused-ring (bicyclic) bond motifs is 2. The lowest BCUT2D eigenvalue weighted by Gasteiger charge is -2.47. The Balaban J connectivity index is 1.47. The number of carbonyl (C=O) groups excluding carboxylic acids is 2. The third-order valence-electron chi connectivity index (χ3n) is 5.82. The molecular formula is C23H23F2NO5. The molecular weight excluding hydrogens is 408 g/mol. The molecule has 2 heterocycles. The molecule has 164 valence electrons. The zero-order valence-corrected chi connectivity index (χ0v) is 17.1. The van der Waals surface area contributed by atoms with Crippen LogP contribution in [-0.4, -0.2) is 49.2 Å². The lowest BCUT2D eigenvalue weighted by atomic mass is 9.80. The highest BCUT2D eigenvalue weighted by atomic mass is 19.2. The number of Topliss-reactive ketones (excluding diaryl/α,β-unsaturated/α-hetero) is 1. The molecule has 2 aliphatic heterocycles. The maximum Gasteiger partial charge on any atom is 0.410 e. The minimum absolute atomic E-state index is 0.00462. The number of ether oxygens (including phenoxy) is 3. The van der Waals surface area contributed by atoms with Crippen LogP contribution in [0.15, 0.2) is 42.5 Å². The van der Waals surface area contributed by atoms with Crippen molar-refractivity contribution >= 4 is 11.9 Å². The summed E-state index contributed by atoms with van der Waals surface area (Å²) in [5, 5.41) is 0. The summed E-state index contributed by atoms with van der Waals surface area (Å²) < 4.78 is 43.5. The van der Waals surface area contributed by atoms with Crippen molar-refractivity contribution in [3.8, 4) is 5.75 Å². The monoisotopic (exact) mass is 431 g/mol. The fourth-order valence-corrected chi connectivity index (χ4v) is 4.33.